The molecule has 0 fully saturated rings. The Kier molecular flexibility index (Phi) is 11.7. The number of rotatable bonds is 12. The van der Waals surface area contributed by atoms with Crippen LogP contribution in [0, 0.1) is 5.92 Å². The summed E-state index contributed by atoms with van der Waals surface area (Å²) in [6.45, 7) is 4.89. The fourth-order valence-corrected chi connectivity index (χ4v) is 5.46. The van der Waals surface area contributed by atoms with Crippen molar-refractivity contribution in [2.75, 3.05) is 12.3 Å². The van der Waals surface area contributed by atoms with Gasteiger partial charge in [0.05, 0.1) is 5.75 Å². The van der Waals surface area contributed by atoms with Crippen LogP contribution in [0.1, 0.15) is 30.5 Å². The highest BCUT2D eigenvalue weighted by Crippen LogP contribution is 2.25. The number of nitrogens with zero attached hydrogens (tertiary/aromatic N) is 1. The zero-order valence-electron chi connectivity index (χ0n) is 20.9. The van der Waals surface area contributed by atoms with Gasteiger partial charge in [-0.05, 0) is 46.9 Å². The van der Waals surface area contributed by atoms with Gasteiger partial charge in [0.1, 0.15) is 6.04 Å². The number of amides is 2. The molecule has 3 aromatic rings. The second-order valence-electron chi connectivity index (χ2n) is 9.22. The minimum absolute atomic E-state index is 0.129. The average Bonchev–Trinajstić information content (AvgIpc) is 2.86. The van der Waals surface area contributed by atoms with E-state index in [0.29, 0.717) is 33.8 Å². The number of hydrogen-bond donors (Lipinski definition) is 1. The molecule has 0 aromatic heterocycles. The fraction of sp³-hybridized carbons (Fsp3) is 0.310. The van der Waals surface area contributed by atoms with E-state index in [-0.39, 0.29) is 30.0 Å². The van der Waals surface area contributed by atoms with Gasteiger partial charge in [-0.3, -0.25) is 9.59 Å². The van der Waals surface area contributed by atoms with E-state index in [4.69, 9.17) is 34.8 Å². The van der Waals surface area contributed by atoms with Gasteiger partial charge in [-0.1, -0.05) is 97.2 Å². The van der Waals surface area contributed by atoms with Crippen molar-refractivity contribution in [3.05, 3.63) is 105 Å². The maximum atomic E-state index is 13.7. The largest absolute Gasteiger partial charge is 0.354 e. The summed E-state index contributed by atoms with van der Waals surface area (Å²) in [5.74, 6) is 0.741. The maximum Gasteiger partial charge on any atom is 0.243 e. The number of carbonyl (C=O) groups excluding carboxylic acids is 2. The van der Waals surface area contributed by atoms with Gasteiger partial charge in [-0.25, -0.2) is 0 Å². The first-order valence-electron chi connectivity index (χ1n) is 12.1. The zero-order valence-corrected chi connectivity index (χ0v) is 24.0. The molecule has 0 aliphatic heterocycles. The van der Waals surface area contributed by atoms with Gasteiger partial charge in [0.2, 0.25) is 11.8 Å². The lowest BCUT2D eigenvalue weighted by molar-refractivity contribution is -0.139. The monoisotopic (exact) mass is 576 g/mol. The minimum atomic E-state index is -0.674. The Morgan fingerprint density at radius 3 is 2.27 bits per heavy atom. The van der Waals surface area contributed by atoms with Gasteiger partial charge in [0.15, 0.2) is 0 Å². The van der Waals surface area contributed by atoms with E-state index in [9.17, 15) is 9.59 Å². The Hall–Kier alpha value is -2.18. The molecule has 0 aliphatic rings. The molecule has 0 bridgehead atoms. The Morgan fingerprint density at radius 2 is 1.59 bits per heavy atom. The van der Waals surface area contributed by atoms with Crippen LogP contribution in [0.15, 0.2) is 72.8 Å². The standard InChI is InChI=1S/C29H31Cl3N2O2S/c1-20(2)16-33-29(36)27(14-21-7-4-3-5-8-21)34(17-22-9-6-10-24(30)13-22)28(35)19-37-18-23-11-12-25(31)15-26(23)32/h3-13,15,20,27H,14,16-19H2,1-2H3,(H,33,36). The molecule has 37 heavy (non-hydrogen) atoms. The summed E-state index contributed by atoms with van der Waals surface area (Å²) in [5, 5.41) is 4.75. The molecule has 0 spiro atoms. The fourth-order valence-electron chi connectivity index (χ4n) is 3.78. The number of hydrogen-bond acceptors (Lipinski definition) is 3. The molecule has 0 saturated carbocycles. The second-order valence-corrected chi connectivity index (χ2v) is 11.5. The molecule has 3 rings (SSSR count). The molecular formula is C29H31Cl3N2O2S. The molecule has 1 N–H and O–H groups in total. The highest BCUT2D eigenvalue weighted by molar-refractivity contribution is 7.99. The molecule has 1 unspecified atom stereocenters. The van der Waals surface area contributed by atoms with Crippen LogP contribution in [-0.2, 0) is 28.3 Å². The van der Waals surface area contributed by atoms with E-state index in [1.807, 2.05) is 68.4 Å². The third-order valence-electron chi connectivity index (χ3n) is 5.70. The van der Waals surface area contributed by atoms with Crippen LogP contribution in [0.3, 0.4) is 0 Å². The smallest absolute Gasteiger partial charge is 0.243 e. The van der Waals surface area contributed by atoms with Crippen LogP contribution in [0.25, 0.3) is 0 Å². The number of halogens is 3. The van der Waals surface area contributed by atoms with Crippen LogP contribution in [0.4, 0.5) is 0 Å². The van der Waals surface area contributed by atoms with Crippen molar-refractivity contribution in [3.63, 3.8) is 0 Å². The van der Waals surface area contributed by atoms with Crippen LogP contribution in [0.5, 0.6) is 0 Å². The number of carbonyl (C=O) groups is 2. The van der Waals surface area contributed by atoms with Gasteiger partial charge < -0.3 is 10.2 Å². The summed E-state index contributed by atoms with van der Waals surface area (Å²) in [6, 6.07) is 21.8. The van der Waals surface area contributed by atoms with Crippen LogP contribution < -0.4 is 5.32 Å². The van der Waals surface area contributed by atoms with Gasteiger partial charge >= 0.3 is 0 Å². The summed E-state index contributed by atoms with van der Waals surface area (Å²) in [6.07, 6.45) is 0.407. The van der Waals surface area contributed by atoms with Crippen LogP contribution in [0.2, 0.25) is 15.1 Å². The van der Waals surface area contributed by atoms with E-state index < -0.39 is 6.04 Å². The second kappa shape index (κ2) is 14.7. The van der Waals surface area contributed by atoms with Gasteiger partial charge in [-0.15, -0.1) is 11.8 Å². The molecule has 0 saturated heterocycles. The normalized spacial score (nSPS) is 11.8. The van der Waals surface area contributed by atoms with Crippen LogP contribution >= 0.6 is 46.6 Å². The Morgan fingerprint density at radius 1 is 0.892 bits per heavy atom. The predicted molar refractivity (Wildman–Crippen MR) is 156 cm³/mol. The summed E-state index contributed by atoms with van der Waals surface area (Å²) in [5.41, 5.74) is 2.75. The highest BCUT2D eigenvalue weighted by atomic mass is 35.5. The first-order valence-corrected chi connectivity index (χ1v) is 14.4. The SMILES string of the molecule is CC(C)CNC(=O)C(Cc1ccccc1)N(Cc1cccc(Cl)c1)C(=O)CSCc1ccc(Cl)cc1Cl. The van der Waals surface area contributed by atoms with E-state index in [1.165, 1.54) is 11.8 Å². The third kappa shape index (κ3) is 9.57. The van der Waals surface area contributed by atoms with Crippen molar-refractivity contribution in [1.29, 1.82) is 0 Å². The molecule has 3 aromatic carbocycles. The zero-order chi connectivity index (χ0) is 26.8. The van der Waals surface area contributed by atoms with Crippen molar-refractivity contribution in [1.82, 2.24) is 10.2 Å². The van der Waals surface area contributed by atoms with E-state index in [2.05, 4.69) is 5.32 Å². The Bertz CT molecular complexity index is 1190. The minimum Gasteiger partial charge on any atom is -0.354 e. The number of thioether (sulfide) groups is 1. The molecule has 0 radical (unpaired) electrons. The summed E-state index contributed by atoms with van der Waals surface area (Å²) in [4.78, 5) is 28.8. The summed E-state index contributed by atoms with van der Waals surface area (Å²) >= 11 is 20.0. The van der Waals surface area contributed by atoms with E-state index in [1.54, 1.807) is 23.1 Å². The first-order chi connectivity index (χ1) is 17.7. The summed E-state index contributed by atoms with van der Waals surface area (Å²) in [7, 11) is 0. The molecule has 1 atom stereocenters. The van der Waals surface area contributed by atoms with Gasteiger partial charge in [0.25, 0.3) is 0 Å². The van der Waals surface area contributed by atoms with Crippen LogP contribution in [-0.4, -0.2) is 35.1 Å². The molecule has 196 valence electrons. The maximum absolute atomic E-state index is 13.7. The topological polar surface area (TPSA) is 49.4 Å². The lowest BCUT2D eigenvalue weighted by atomic mass is 10.0. The van der Waals surface area contributed by atoms with Crippen molar-refractivity contribution in [2.24, 2.45) is 5.92 Å². The van der Waals surface area contributed by atoms with E-state index >= 15 is 0 Å². The highest BCUT2D eigenvalue weighted by Gasteiger charge is 2.30. The van der Waals surface area contributed by atoms with Crippen molar-refractivity contribution < 1.29 is 9.59 Å². The lowest BCUT2D eigenvalue weighted by Gasteiger charge is -2.32. The lowest BCUT2D eigenvalue weighted by Crippen LogP contribution is -2.51. The molecule has 0 heterocycles. The molecule has 4 nitrogen and oxygen atoms in total. The van der Waals surface area contributed by atoms with Gasteiger partial charge in [0, 0.05) is 40.3 Å². The van der Waals surface area contributed by atoms with Gasteiger partial charge in [-0.2, -0.15) is 0 Å². The third-order valence-corrected chi connectivity index (χ3v) is 7.48. The Balaban J connectivity index is 1.85. The average molecular weight is 578 g/mol. The van der Waals surface area contributed by atoms with Crippen molar-refractivity contribution >= 4 is 58.4 Å². The summed E-state index contributed by atoms with van der Waals surface area (Å²) < 4.78 is 0. The first kappa shape index (κ1) is 29.4. The quantitative estimate of drug-likeness (QED) is 0.246. The van der Waals surface area contributed by atoms with Crippen molar-refractivity contribution in [2.45, 2.75) is 38.6 Å². The predicted octanol–water partition coefficient (Wildman–Crippen LogP) is 7.29. The number of benzene rings is 3. The molecule has 0 aliphatic carbocycles. The molecule has 8 heteroatoms. The Labute approximate surface area is 238 Å². The van der Waals surface area contributed by atoms with Crippen molar-refractivity contribution in [3.8, 4) is 0 Å². The molecule has 2 amide bonds. The van der Waals surface area contributed by atoms with E-state index in [0.717, 1.165) is 16.7 Å². The molecular weight excluding hydrogens is 547 g/mol. The number of nitrogens with one attached hydrogen (secondary N) is 1.